The van der Waals surface area contributed by atoms with Crippen molar-refractivity contribution < 1.29 is 9.18 Å². The average Bonchev–Trinajstić information content (AvgIpc) is 2.85. The monoisotopic (exact) mass is 328 g/mol. The summed E-state index contributed by atoms with van der Waals surface area (Å²) in [6.07, 6.45) is 3.17. The predicted molar refractivity (Wildman–Crippen MR) is 76.4 cm³/mol. The smallest absolute Gasteiger partial charge is 0.255 e. The first kappa shape index (κ1) is 14.5. The maximum Gasteiger partial charge on any atom is 0.255 e. The summed E-state index contributed by atoms with van der Waals surface area (Å²) in [4.78, 5) is 14.2. The largest absolute Gasteiger partial charge is 0.338 e. The van der Waals surface area contributed by atoms with Crippen LogP contribution in [0.5, 0.6) is 0 Å². The standard InChI is InChI=1S/C14H18BrFN2O/c1-18(13-4-2-3-9(13)8-17)14(19)11-6-5-10(16)7-12(11)15/h5-7,9,13H,2-4,8,17H2,1H3. The van der Waals surface area contributed by atoms with Crippen LogP contribution in [0.4, 0.5) is 4.39 Å². The third-order valence-electron chi connectivity index (χ3n) is 3.90. The van der Waals surface area contributed by atoms with Gasteiger partial charge in [0.1, 0.15) is 5.82 Å². The molecule has 0 radical (unpaired) electrons. The van der Waals surface area contributed by atoms with Crippen LogP contribution < -0.4 is 5.73 Å². The van der Waals surface area contributed by atoms with Crippen molar-refractivity contribution in [3.05, 3.63) is 34.1 Å². The van der Waals surface area contributed by atoms with Gasteiger partial charge in [0, 0.05) is 17.6 Å². The van der Waals surface area contributed by atoms with Crippen LogP contribution in [0.25, 0.3) is 0 Å². The molecule has 5 heteroatoms. The van der Waals surface area contributed by atoms with E-state index in [-0.39, 0.29) is 17.8 Å². The molecule has 0 spiro atoms. The van der Waals surface area contributed by atoms with Crippen LogP contribution in [0.1, 0.15) is 29.6 Å². The molecule has 0 heterocycles. The highest BCUT2D eigenvalue weighted by molar-refractivity contribution is 9.10. The van der Waals surface area contributed by atoms with Crippen LogP contribution >= 0.6 is 15.9 Å². The van der Waals surface area contributed by atoms with Crippen LogP contribution in [0.3, 0.4) is 0 Å². The molecule has 2 atom stereocenters. The van der Waals surface area contributed by atoms with E-state index in [1.807, 2.05) is 0 Å². The molecular formula is C14H18BrFN2O. The lowest BCUT2D eigenvalue weighted by molar-refractivity contribution is 0.0699. The van der Waals surface area contributed by atoms with Crippen molar-refractivity contribution in [2.75, 3.05) is 13.6 Å². The molecule has 0 aliphatic heterocycles. The quantitative estimate of drug-likeness (QED) is 0.927. The lowest BCUT2D eigenvalue weighted by atomic mass is 10.0. The summed E-state index contributed by atoms with van der Waals surface area (Å²) < 4.78 is 13.6. The Labute approximate surface area is 121 Å². The summed E-state index contributed by atoms with van der Waals surface area (Å²) in [5.41, 5.74) is 6.25. The number of halogens is 2. The molecule has 104 valence electrons. The van der Waals surface area contributed by atoms with E-state index in [1.54, 1.807) is 11.9 Å². The first-order chi connectivity index (χ1) is 9.04. The van der Waals surface area contributed by atoms with E-state index in [1.165, 1.54) is 18.2 Å². The van der Waals surface area contributed by atoms with E-state index in [2.05, 4.69) is 15.9 Å². The SMILES string of the molecule is CN(C(=O)c1ccc(F)cc1Br)C1CCCC1CN. The number of hydrogen-bond acceptors (Lipinski definition) is 2. The Morgan fingerprint density at radius 3 is 2.89 bits per heavy atom. The normalized spacial score (nSPS) is 22.5. The molecule has 0 saturated heterocycles. The molecule has 1 saturated carbocycles. The lowest BCUT2D eigenvalue weighted by Crippen LogP contribution is -2.41. The van der Waals surface area contributed by atoms with Crippen molar-refractivity contribution in [2.45, 2.75) is 25.3 Å². The van der Waals surface area contributed by atoms with Gasteiger partial charge in [0.2, 0.25) is 0 Å². The zero-order valence-corrected chi connectivity index (χ0v) is 12.5. The molecule has 1 aromatic rings. The summed E-state index contributed by atoms with van der Waals surface area (Å²) in [6, 6.07) is 4.33. The van der Waals surface area contributed by atoms with E-state index in [0.29, 0.717) is 22.5 Å². The Morgan fingerprint density at radius 1 is 1.53 bits per heavy atom. The highest BCUT2D eigenvalue weighted by Crippen LogP contribution is 2.30. The molecule has 19 heavy (non-hydrogen) atoms. The van der Waals surface area contributed by atoms with Crippen molar-refractivity contribution in [1.82, 2.24) is 4.90 Å². The summed E-state index contributed by atoms with van der Waals surface area (Å²) in [6.45, 7) is 0.604. The third kappa shape index (κ3) is 2.98. The molecule has 3 nitrogen and oxygen atoms in total. The Morgan fingerprint density at radius 2 is 2.26 bits per heavy atom. The summed E-state index contributed by atoms with van der Waals surface area (Å²) >= 11 is 3.24. The number of nitrogens with two attached hydrogens (primary N) is 1. The molecule has 1 aliphatic rings. The topological polar surface area (TPSA) is 46.3 Å². The van der Waals surface area contributed by atoms with Crippen molar-refractivity contribution in [3.8, 4) is 0 Å². The summed E-state index contributed by atoms with van der Waals surface area (Å²) in [7, 11) is 1.80. The van der Waals surface area contributed by atoms with Gasteiger partial charge in [-0.15, -0.1) is 0 Å². The van der Waals surface area contributed by atoms with E-state index >= 15 is 0 Å². The fourth-order valence-electron chi connectivity index (χ4n) is 2.81. The van der Waals surface area contributed by atoms with Crippen molar-refractivity contribution in [3.63, 3.8) is 0 Å². The molecule has 1 aliphatic carbocycles. The Bertz CT molecular complexity index is 481. The second-order valence-electron chi connectivity index (χ2n) is 5.03. The van der Waals surface area contributed by atoms with Crippen LogP contribution in [0.2, 0.25) is 0 Å². The Hall–Kier alpha value is -0.940. The average molecular weight is 329 g/mol. The molecule has 1 aromatic carbocycles. The van der Waals surface area contributed by atoms with Gasteiger partial charge in [-0.1, -0.05) is 6.42 Å². The van der Waals surface area contributed by atoms with Crippen molar-refractivity contribution >= 4 is 21.8 Å². The minimum atomic E-state index is -0.355. The number of carbonyl (C=O) groups excluding carboxylic acids is 1. The number of carbonyl (C=O) groups is 1. The van der Waals surface area contributed by atoms with Crippen molar-refractivity contribution in [1.29, 1.82) is 0 Å². The molecule has 2 N–H and O–H groups in total. The maximum atomic E-state index is 13.1. The Balaban J connectivity index is 2.19. The fraction of sp³-hybridized carbons (Fsp3) is 0.500. The van der Waals surface area contributed by atoms with Gasteiger partial charge >= 0.3 is 0 Å². The van der Waals surface area contributed by atoms with Gasteiger partial charge in [-0.3, -0.25) is 4.79 Å². The van der Waals surface area contributed by atoms with Crippen LogP contribution in [-0.2, 0) is 0 Å². The van der Waals surface area contributed by atoms with Crippen molar-refractivity contribution in [2.24, 2.45) is 11.7 Å². The van der Waals surface area contributed by atoms with E-state index in [4.69, 9.17) is 5.73 Å². The Kier molecular flexibility index (Phi) is 4.58. The van der Waals surface area contributed by atoms with E-state index < -0.39 is 0 Å². The lowest BCUT2D eigenvalue weighted by Gasteiger charge is -2.29. The number of nitrogens with zero attached hydrogens (tertiary/aromatic N) is 1. The molecule has 1 fully saturated rings. The van der Waals surface area contributed by atoms with Gasteiger partial charge in [0.15, 0.2) is 0 Å². The fourth-order valence-corrected chi connectivity index (χ4v) is 3.33. The second kappa shape index (κ2) is 6.01. The van der Waals surface area contributed by atoms with E-state index in [9.17, 15) is 9.18 Å². The van der Waals surface area contributed by atoms with Crippen LogP contribution in [0.15, 0.2) is 22.7 Å². The summed E-state index contributed by atoms with van der Waals surface area (Å²) in [5, 5.41) is 0. The second-order valence-corrected chi connectivity index (χ2v) is 5.89. The van der Waals surface area contributed by atoms with Gasteiger partial charge in [0.05, 0.1) is 5.56 Å². The van der Waals surface area contributed by atoms with Crippen LogP contribution in [0, 0.1) is 11.7 Å². The van der Waals surface area contributed by atoms with Crippen LogP contribution in [-0.4, -0.2) is 30.4 Å². The van der Waals surface area contributed by atoms with Gasteiger partial charge in [-0.05, 0) is 59.4 Å². The van der Waals surface area contributed by atoms with E-state index in [0.717, 1.165) is 19.3 Å². The molecular weight excluding hydrogens is 311 g/mol. The number of benzene rings is 1. The highest BCUT2D eigenvalue weighted by Gasteiger charge is 2.32. The number of hydrogen-bond donors (Lipinski definition) is 1. The zero-order valence-electron chi connectivity index (χ0n) is 10.9. The zero-order chi connectivity index (χ0) is 14.0. The minimum absolute atomic E-state index is 0.0859. The van der Waals surface area contributed by atoms with Gasteiger partial charge in [-0.2, -0.15) is 0 Å². The maximum absolute atomic E-state index is 13.1. The summed E-state index contributed by atoms with van der Waals surface area (Å²) in [5.74, 6) is -0.0721. The van der Waals surface area contributed by atoms with Gasteiger partial charge in [-0.25, -0.2) is 4.39 Å². The molecule has 2 unspecified atom stereocenters. The highest BCUT2D eigenvalue weighted by atomic mass is 79.9. The third-order valence-corrected chi connectivity index (χ3v) is 4.56. The molecule has 1 amide bonds. The number of amides is 1. The first-order valence-electron chi connectivity index (χ1n) is 6.47. The predicted octanol–water partition coefficient (Wildman–Crippen LogP) is 2.79. The molecule has 0 bridgehead atoms. The number of rotatable bonds is 3. The molecule has 2 rings (SSSR count). The first-order valence-corrected chi connectivity index (χ1v) is 7.26. The van der Waals surface area contributed by atoms with Gasteiger partial charge in [0.25, 0.3) is 5.91 Å². The minimum Gasteiger partial charge on any atom is -0.338 e. The van der Waals surface area contributed by atoms with Gasteiger partial charge < -0.3 is 10.6 Å². The molecule has 0 aromatic heterocycles.